The van der Waals surface area contributed by atoms with Crippen LogP contribution in [0, 0.1) is 16.7 Å². The monoisotopic (exact) mass is 560 g/mol. The number of piperazine rings is 1. The van der Waals surface area contributed by atoms with Crippen LogP contribution in [0.1, 0.15) is 34.1 Å². The van der Waals surface area contributed by atoms with Gasteiger partial charge < -0.3 is 19.7 Å². The molecule has 13 nitrogen and oxygen atoms in total. The molecule has 3 aliphatic rings. The van der Waals surface area contributed by atoms with Crippen molar-refractivity contribution in [3.05, 3.63) is 57.8 Å². The standard InChI is InChI=1S/C28H29N7O6/c1-4-33-9-11-34(12-10-33)24(32-39)19-13-23(41-3)22(29-15-19)7-8-28(26(37)30-27(38)31-28)17-35-16-18-5-6-20(40-2)14-21(18)25(35)36/h5-6,13-15H,4,9-12,16-17H2,1-3H3,(H-,30,31,37,38)/p+1. The number of amidine groups is 1. The molecular formula is C28H30N7O6+. The molecule has 3 aliphatic heterocycles. The maximum atomic E-state index is 13.2. The van der Waals surface area contributed by atoms with Crippen LogP contribution in [-0.4, -0.2) is 102 Å². The van der Waals surface area contributed by atoms with Crippen molar-refractivity contribution in [2.24, 2.45) is 0 Å². The highest BCUT2D eigenvalue weighted by atomic mass is 16.5. The highest BCUT2D eigenvalue weighted by Gasteiger charge is 2.48. The number of urea groups is 1. The Bertz CT molecular complexity index is 1520. The molecule has 2 aromatic rings. The van der Waals surface area contributed by atoms with Crippen LogP contribution in [0.5, 0.6) is 11.5 Å². The fourth-order valence-electron chi connectivity index (χ4n) is 5.16. The molecule has 0 bridgehead atoms. The number of fused-ring (bicyclic) bond motifs is 1. The number of imide groups is 1. The SMILES string of the molecule is CCN1CCN(C(=[N+]=O)c2cnc(C#CC3(CN4Cc5ccc(OC)cc5C4=O)NC(=O)NC3=O)c(OC)c2)CC1. The predicted molar refractivity (Wildman–Crippen MR) is 148 cm³/mol. The lowest BCUT2D eigenvalue weighted by Crippen LogP contribution is -2.54. The van der Waals surface area contributed by atoms with Crippen LogP contribution < -0.4 is 25.0 Å². The second kappa shape index (κ2) is 11.3. The zero-order valence-corrected chi connectivity index (χ0v) is 23.0. The average molecular weight is 561 g/mol. The number of amides is 4. The second-order valence-corrected chi connectivity index (χ2v) is 9.86. The zero-order chi connectivity index (χ0) is 29.1. The molecule has 1 unspecified atom stereocenters. The third-order valence-electron chi connectivity index (χ3n) is 7.50. The van der Waals surface area contributed by atoms with E-state index >= 15 is 0 Å². The van der Waals surface area contributed by atoms with E-state index in [-0.39, 0.29) is 36.3 Å². The lowest BCUT2D eigenvalue weighted by molar-refractivity contribution is -0.122. The van der Waals surface area contributed by atoms with Gasteiger partial charge in [-0.2, -0.15) is 0 Å². The number of nitroso groups, excluding NO2 is 1. The van der Waals surface area contributed by atoms with Gasteiger partial charge in [0.25, 0.3) is 11.8 Å². The molecule has 1 aromatic carbocycles. The van der Waals surface area contributed by atoms with E-state index < -0.39 is 17.5 Å². The minimum absolute atomic E-state index is 0.186. The Morgan fingerprint density at radius 1 is 1.12 bits per heavy atom. The van der Waals surface area contributed by atoms with Crippen LogP contribution in [0.2, 0.25) is 0 Å². The second-order valence-electron chi connectivity index (χ2n) is 9.86. The summed E-state index contributed by atoms with van der Waals surface area (Å²) in [5.74, 6) is 5.75. The molecule has 0 radical (unpaired) electrons. The van der Waals surface area contributed by atoms with E-state index in [2.05, 4.69) is 44.1 Å². The molecule has 0 saturated carbocycles. The minimum Gasteiger partial charge on any atom is -0.497 e. The Balaban J connectivity index is 1.41. The first-order valence-electron chi connectivity index (χ1n) is 13.2. The van der Waals surface area contributed by atoms with E-state index in [9.17, 15) is 19.3 Å². The normalized spacial score (nSPS) is 20.0. The van der Waals surface area contributed by atoms with Crippen LogP contribution in [-0.2, 0) is 11.3 Å². The molecule has 4 heterocycles. The molecule has 0 aliphatic carbocycles. The average Bonchev–Trinajstić information content (AvgIpc) is 3.45. The number of aromatic nitrogens is 1. The van der Waals surface area contributed by atoms with Gasteiger partial charge in [0.2, 0.25) is 5.54 Å². The van der Waals surface area contributed by atoms with Crippen molar-refractivity contribution in [2.45, 2.75) is 19.0 Å². The summed E-state index contributed by atoms with van der Waals surface area (Å²) in [6.07, 6.45) is 1.48. The van der Waals surface area contributed by atoms with Gasteiger partial charge in [0.05, 0.1) is 38.7 Å². The number of carbonyl (C=O) groups is 3. The van der Waals surface area contributed by atoms with Crippen molar-refractivity contribution in [2.75, 3.05) is 53.5 Å². The summed E-state index contributed by atoms with van der Waals surface area (Å²) in [5.41, 5.74) is 0.180. The summed E-state index contributed by atoms with van der Waals surface area (Å²) >= 11 is 0. The van der Waals surface area contributed by atoms with E-state index in [0.717, 1.165) is 25.2 Å². The summed E-state index contributed by atoms with van der Waals surface area (Å²) in [5, 5.41) is 4.80. The number of methoxy groups -OCH3 is 2. The molecule has 2 N–H and O–H groups in total. The molecule has 1 aromatic heterocycles. The maximum Gasteiger partial charge on any atom is 0.437 e. The third-order valence-corrected chi connectivity index (χ3v) is 7.50. The molecule has 41 heavy (non-hydrogen) atoms. The van der Waals surface area contributed by atoms with Gasteiger partial charge in [-0.25, -0.2) is 14.7 Å². The number of benzene rings is 1. The first-order valence-corrected chi connectivity index (χ1v) is 13.2. The Morgan fingerprint density at radius 2 is 1.90 bits per heavy atom. The van der Waals surface area contributed by atoms with Gasteiger partial charge in [-0.3, -0.25) is 19.8 Å². The predicted octanol–water partition coefficient (Wildman–Crippen LogP) is -0.0978. The molecule has 2 fully saturated rings. The fourth-order valence-corrected chi connectivity index (χ4v) is 5.16. The van der Waals surface area contributed by atoms with Gasteiger partial charge in [-0.15, -0.1) is 0 Å². The number of hydrogen-bond donors (Lipinski definition) is 2. The van der Waals surface area contributed by atoms with E-state index in [1.165, 1.54) is 25.3 Å². The maximum absolute atomic E-state index is 13.2. The fraction of sp³-hybridized carbons (Fsp3) is 0.393. The number of carbonyl (C=O) groups excluding carboxylic acids is 3. The summed E-state index contributed by atoms with van der Waals surface area (Å²) in [7, 11) is 2.95. The number of pyridine rings is 1. The highest BCUT2D eigenvalue weighted by molar-refractivity contribution is 6.10. The molecule has 1 atom stereocenters. The molecule has 2 saturated heterocycles. The zero-order valence-electron chi connectivity index (χ0n) is 23.0. The summed E-state index contributed by atoms with van der Waals surface area (Å²) in [4.78, 5) is 63.4. The molecule has 5 rings (SSSR count). The van der Waals surface area contributed by atoms with Crippen LogP contribution in [0.25, 0.3) is 0 Å². The smallest absolute Gasteiger partial charge is 0.437 e. The lowest BCUT2D eigenvalue weighted by Gasteiger charge is -2.29. The number of hydrogen-bond acceptors (Lipinski definition) is 8. The van der Waals surface area contributed by atoms with E-state index in [1.54, 1.807) is 24.3 Å². The molecule has 13 heteroatoms. The summed E-state index contributed by atoms with van der Waals surface area (Å²) < 4.78 is 10.7. The Labute approximate surface area is 236 Å². The largest absolute Gasteiger partial charge is 0.497 e. The van der Waals surface area contributed by atoms with Crippen molar-refractivity contribution in [1.82, 2.24) is 35.2 Å². The van der Waals surface area contributed by atoms with Crippen molar-refractivity contribution in [3.8, 4) is 23.3 Å². The minimum atomic E-state index is -1.72. The van der Waals surface area contributed by atoms with Crippen molar-refractivity contribution in [1.29, 1.82) is 0 Å². The van der Waals surface area contributed by atoms with Crippen molar-refractivity contribution in [3.63, 3.8) is 0 Å². The Morgan fingerprint density at radius 3 is 2.54 bits per heavy atom. The van der Waals surface area contributed by atoms with Crippen molar-refractivity contribution >= 4 is 23.7 Å². The number of nitrogens with one attached hydrogen (secondary N) is 2. The first-order chi connectivity index (χ1) is 19.8. The molecular weight excluding hydrogens is 530 g/mol. The van der Waals surface area contributed by atoms with Gasteiger partial charge in [0, 0.05) is 42.4 Å². The third kappa shape index (κ3) is 5.30. The number of likely N-dealkylation sites (N-methyl/N-ethyl adjacent to an activating group) is 1. The van der Waals surface area contributed by atoms with Gasteiger partial charge in [-0.05, 0) is 30.2 Å². The van der Waals surface area contributed by atoms with Gasteiger partial charge in [-0.1, -0.05) is 18.9 Å². The van der Waals surface area contributed by atoms with Gasteiger partial charge in [0.1, 0.15) is 11.3 Å². The number of rotatable bonds is 6. The van der Waals surface area contributed by atoms with Gasteiger partial charge in [0.15, 0.2) is 11.4 Å². The summed E-state index contributed by atoms with van der Waals surface area (Å²) in [6.45, 7) is 6.03. The molecule has 212 valence electrons. The van der Waals surface area contributed by atoms with E-state index in [0.29, 0.717) is 30.0 Å². The first kappa shape index (κ1) is 27.6. The van der Waals surface area contributed by atoms with E-state index in [1.807, 2.05) is 4.90 Å². The van der Waals surface area contributed by atoms with Crippen LogP contribution in [0.3, 0.4) is 0 Å². The topological polar surface area (TPSA) is 148 Å². The number of ether oxygens (including phenoxy) is 2. The molecule has 0 spiro atoms. The van der Waals surface area contributed by atoms with Crippen molar-refractivity contribution < 1.29 is 23.9 Å². The van der Waals surface area contributed by atoms with Crippen LogP contribution in [0.15, 0.2) is 30.5 Å². The highest BCUT2D eigenvalue weighted by Crippen LogP contribution is 2.28. The van der Waals surface area contributed by atoms with Crippen LogP contribution >= 0.6 is 0 Å². The molecule has 4 amide bonds. The van der Waals surface area contributed by atoms with Crippen LogP contribution in [0.4, 0.5) is 4.79 Å². The number of nitrogens with zero attached hydrogens (tertiary/aromatic N) is 5. The lowest BCUT2D eigenvalue weighted by atomic mass is 9.99. The Kier molecular flexibility index (Phi) is 7.61. The quantitative estimate of drug-likeness (QED) is 0.163. The Hall–Kier alpha value is -4.92. The van der Waals surface area contributed by atoms with E-state index in [4.69, 9.17) is 9.47 Å². The van der Waals surface area contributed by atoms with Gasteiger partial charge >= 0.3 is 11.9 Å². The summed E-state index contributed by atoms with van der Waals surface area (Å²) in [6, 6.07) is 6.09.